The number of carbonyl (C=O) groups excluding carboxylic acids is 1. The molecule has 1 aliphatic rings. The maximum atomic E-state index is 12.3. The van der Waals surface area contributed by atoms with E-state index in [9.17, 15) is 4.79 Å². The predicted molar refractivity (Wildman–Crippen MR) is 88.7 cm³/mol. The number of ether oxygens (including phenoxy) is 1. The Morgan fingerprint density at radius 3 is 3.00 bits per heavy atom. The molecule has 1 atom stereocenters. The van der Waals surface area contributed by atoms with Crippen molar-refractivity contribution in [3.8, 4) is 0 Å². The number of amides is 1. The molecule has 3 rings (SSSR count). The lowest BCUT2D eigenvalue weighted by Gasteiger charge is -2.31. The van der Waals surface area contributed by atoms with Gasteiger partial charge in [0.15, 0.2) is 0 Å². The summed E-state index contributed by atoms with van der Waals surface area (Å²) in [7, 11) is 0. The molecule has 23 heavy (non-hydrogen) atoms. The summed E-state index contributed by atoms with van der Waals surface area (Å²) < 4.78 is 5.79. The SMILES string of the molecule is Cc1csc(C2CN(CC(=O)Nc3c(C)n[nH]c3C)CCO2)n1. The zero-order valence-electron chi connectivity index (χ0n) is 13.5. The van der Waals surface area contributed by atoms with Crippen molar-refractivity contribution >= 4 is 22.9 Å². The van der Waals surface area contributed by atoms with Gasteiger partial charge in [-0.2, -0.15) is 5.10 Å². The van der Waals surface area contributed by atoms with Crippen molar-refractivity contribution in [2.24, 2.45) is 0 Å². The molecule has 0 aliphatic carbocycles. The van der Waals surface area contributed by atoms with E-state index < -0.39 is 0 Å². The van der Waals surface area contributed by atoms with Gasteiger partial charge in [0.05, 0.1) is 30.2 Å². The number of nitrogens with one attached hydrogen (secondary N) is 2. The second kappa shape index (κ2) is 6.77. The molecule has 0 saturated carbocycles. The van der Waals surface area contributed by atoms with Gasteiger partial charge in [-0.1, -0.05) is 0 Å². The van der Waals surface area contributed by atoms with Crippen LogP contribution in [0.15, 0.2) is 5.38 Å². The Morgan fingerprint density at radius 1 is 1.52 bits per heavy atom. The van der Waals surface area contributed by atoms with Crippen LogP contribution in [0.4, 0.5) is 5.69 Å². The Hall–Kier alpha value is -1.77. The van der Waals surface area contributed by atoms with Crippen molar-refractivity contribution in [3.05, 3.63) is 27.5 Å². The molecule has 7 nitrogen and oxygen atoms in total. The highest BCUT2D eigenvalue weighted by molar-refractivity contribution is 7.09. The highest BCUT2D eigenvalue weighted by Gasteiger charge is 2.25. The molecule has 1 unspecified atom stereocenters. The largest absolute Gasteiger partial charge is 0.368 e. The molecule has 2 N–H and O–H groups in total. The van der Waals surface area contributed by atoms with Crippen molar-refractivity contribution in [1.29, 1.82) is 0 Å². The summed E-state index contributed by atoms with van der Waals surface area (Å²) in [5, 5.41) is 12.9. The number of aromatic amines is 1. The topological polar surface area (TPSA) is 83.1 Å². The molecule has 124 valence electrons. The van der Waals surface area contributed by atoms with Crippen molar-refractivity contribution in [1.82, 2.24) is 20.1 Å². The van der Waals surface area contributed by atoms with E-state index >= 15 is 0 Å². The molecule has 1 fully saturated rings. The molecule has 0 radical (unpaired) electrons. The van der Waals surface area contributed by atoms with E-state index in [0.717, 1.165) is 34.3 Å². The van der Waals surface area contributed by atoms with Crippen LogP contribution in [0.1, 0.15) is 28.2 Å². The number of thiazole rings is 1. The summed E-state index contributed by atoms with van der Waals surface area (Å²) in [4.78, 5) is 18.9. The summed E-state index contributed by atoms with van der Waals surface area (Å²) in [6.45, 7) is 8.12. The van der Waals surface area contributed by atoms with Gasteiger partial charge in [0.2, 0.25) is 5.91 Å². The Bertz CT molecular complexity index is 676. The first-order chi connectivity index (χ1) is 11.0. The molecule has 2 aromatic heterocycles. The third-order valence-corrected chi connectivity index (χ3v) is 4.88. The molecule has 0 bridgehead atoms. The zero-order valence-corrected chi connectivity index (χ0v) is 14.4. The van der Waals surface area contributed by atoms with E-state index in [1.165, 1.54) is 0 Å². The second-order valence-electron chi connectivity index (χ2n) is 5.78. The molecule has 2 aromatic rings. The van der Waals surface area contributed by atoms with E-state index in [2.05, 4.69) is 25.4 Å². The minimum absolute atomic E-state index is 0.0337. The minimum atomic E-state index is -0.0485. The van der Waals surface area contributed by atoms with E-state index in [1.807, 2.05) is 26.2 Å². The quantitative estimate of drug-likeness (QED) is 0.890. The van der Waals surface area contributed by atoms with Crippen LogP contribution in [0, 0.1) is 20.8 Å². The van der Waals surface area contributed by atoms with Crippen LogP contribution in [-0.4, -0.2) is 52.2 Å². The summed E-state index contributed by atoms with van der Waals surface area (Å²) in [5.74, 6) is -0.0337. The zero-order chi connectivity index (χ0) is 16.4. The standard InChI is InChI=1S/C15H21N5O2S/c1-9-8-23-15(16-9)12-6-20(4-5-22-12)7-13(21)17-14-10(2)18-19-11(14)3/h8,12H,4-7H2,1-3H3,(H,17,21)(H,18,19). The van der Waals surface area contributed by atoms with Gasteiger partial charge in [-0.25, -0.2) is 4.98 Å². The van der Waals surface area contributed by atoms with Gasteiger partial charge in [0, 0.05) is 24.2 Å². The Balaban J connectivity index is 1.58. The van der Waals surface area contributed by atoms with Gasteiger partial charge < -0.3 is 10.1 Å². The summed E-state index contributed by atoms with van der Waals surface area (Å²) in [6, 6.07) is 0. The fraction of sp³-hybridized carbons (Fsp3) is 0.533. The number of rotatable bonds is 4. The van der Waals surface area contributed by atoms with Crippen molar-refractivity contribution in [3.63, 3.8) is 0 Å². The Kier molecular flexibility index (Phi) is 4.74. The second-order valence-corrected chi connectivity index (χ2v) is 6.67. The van der Waals surface area contributed by atoms with Gasteiger partial charge in [-0.05, 0) is 20.8 Å². The number of aromatic nitrogens is 3. The van der Waals surface area contributed by atoms with Gasteiger partial charge in [-0.3, -0.25) is 14.8 Å². The summed E-state index contributed by atoms with van der Waals surface area (Å²) in [5.41, 5.74) is 3.45. The van der Waals surface area contributed by atoms with E-state index in [4.69, 9.17) is 4.74 Å². The lowest BCUT2D eigenvalue weighted by molar-refractivity contribution is -0.119. The fourth-order valence-electron chi connectivity index (χ4n) is 2.63. The van der Waals surface area contributed by atoms with E-state index in [1.54, 1.807) is 11.3 Å². The number of anilines is 1. The average molecular weight is 335 g/mol. The highest BCUT2D eigenvalue weighted by atomic mass is 32.1. The first-order valence-corrected chi connectivity index (χ1v) is 8.48. The lowest BCUT2D eigenvalue weighted by Crippen LogP contribution is -2.42. The van der Waals surface area contributed by atoms with Gasteiger partial charge in [0.1, 0.15) is 11.1 Å². The van der Waals surface area contributed by atoms with Gasteiger partial charge in [-0.15, -0.1) is 11.3 Å². The van der Waals surface area contributed by atoms with E-state index in [0.29, 0.717) is 19.7 Å². The number of hydrogen-bond donors (Lipinski definition) is 2. The lowest BCUT2D eigenvalue weighted by atomic mass is 10.2. The molecular formula is C15H21N5O2S. The molecule has 8 heteroatoms. The number of nitrogens with zero attached hydrogens (tertiary/aromatic N) is 3. The van der Waals surface area contributed by atoms with Crippen LogP contribution in [0.2, 0.25) is 0 Å². The predicted octanol–water partition coefficient (Wildman–Crippen LogP) is 1.80. The number of hydrogen-bond acceptors (Lipinski definition) is 6. The monoisotopic (exact) mass is 335 g/mol. The molecule has 1 amide bonds. The third kappa shape index (κ3) is 3.77. The van der Waals surface area contributed by atoms with Crippen LogP contribution in [0.3, 0.4) is 0 Å². The Morgan fingerprint density at radius 2 is 2.35 bits per heavy atom. The molecule has 0 aromatic carbocycles. The van der Waals surface area contributed by atoms with Crippen LogP contribution in [0.5, 0.6) is 0 Å². The van der Waals surface area contributed by atoms with Crippen LogP contribution in [-0.2, 0) is 9.53 Å². The maximum absolute atomic E-state index is 12.3. The average Bonchev–Trinajstić information content (AvgIpc) is 3.08. The number of H-pyrrole nitrogens is 1. The summed E-state index contributed by atoms with van der Waals surface area (Å²) in [6.07, 6.45) is -0.0485. The normalized spacial score (nSPS) is 19.0. The smallest absolute Gasteiger partial charge is 0.238 e. The third-order valence-electron chi connectivity index (χ3n) is 3.82. The molecule has 1 aliphatic heterocycles. The highest BCUT2D eigenvalue weighted by Crippen LogP contribution is 2.25. The first kappa shape index (κ1) is 16.1. The van der Waals surface area contributed by atoms with Crippen LogP contribution >= 0.6 is 11.3 Å². The minimum Gasteiger partial charge on any atom is -0.368 e. The Labute approximate surface area is 139 Å². The maximum Gasteiger partial charge on any atom is 0.238 e. The van der Waals surface area contributed by atoms with Crippen molar-refractivity contribution < 1.29 is 9.53 Å². The molecule has 1 saturated heterocycles. The molecule has 3 heterocycles. The first-order valence-electron chi connectivity index (χ1n) is 7.60. The number of morpholine rings is 1. The van der Waals surface area contributed by atoms with Gasteiger partial charge >= 0.3 is 0 Å². The van der Waals surface area contributed by atoms with Crippen LogP contribution in [0.25, 0.3) is 0 Å². The van der Waals surface area contributed by atoms with Gasteiger partial charge in [0.25, 0.3) is 0 Å². The summed E-state index contributed by atoms with van der Waals surface area (Å²) >= 11 is 1.61. The molecule has 0 spiro atoms. The van der Waals surface area contributed by atoms with Crippen LogP contribution < -0.4 is 5.32 Å². The number of aryl methyl sites for hydroxylation is 3. The van der Waals surface area contributed by atoms with Crippen molar-refractivity contribution in [2.75, 3.05) is 31.6 Å². The van der Waals surface area contributed by atoms with E-state index in [-0.39, 0.29) is 12.0 Å². The fourth-order valence-corrected chi connectivity index (χ4v) is 3.47. The number of carbonyl (C=O) groups is 1. The van der Waals surface area contributed by atoms with Crippen molar-refractivity contribution in [2.45, 2.75) is 26.9 Å². The molecular weight excluding hydrogens is 314 g/mol.